The van der Waals surface area contributed by atoms with Gasteiger partial charge in [-0.1, -0.05) is 6.07 Å². The minimum Gasteiger partial charge on any atom is -0.493 e. The van der Waals surface area contributed by atoms with E-state index in [1.165, 1.54) is 25.5 Å². The molecule has 4 N–H and O–H groups in total. The molecule has 0 aliphatic carbocycles. The van der Waals surface area contributed by atoms with Gasteiger partial charge in [0.1, 0.15) is 36.3 Å². The third-order valence-corrected chi connectivity index (χ3v) is 5.83. The number of hydrogen-bond donors (Lipinski definition) is 4. The Labute approximate surface area is 192 Å². The fourth-order valence-electron chi connectivity index (χ4n) is 3.94. The predicted octanol–water partition coefficient (Wildman–Crippen LogP) is 0.376. The highest BCUT2D eigenvalue weighted by Gasteiger charge is 2.45. The monoisotopic (exact) mass is 474 g/mol. The first kappa shape index (κ1) is 22.4. The van der Waals surface area contributed by atoms with Crippen LogP contribution < -0.4 is 24.4 Å². The molecule has 2 aliphatic heterocycles. The first-order valence-electron chi connectivity index (χ1n) is 10.4. The van der Waals surface area contributed by atoms with Crippen molar-refractivity contribution in [2.45, 2.75) is 30.7 Å². The zero-order valence-electron chi connectivity index (χ0n) is 17.9. The second kappa shape index (κ2) is 8.78. The van der Waals surface area contributed by atoms with Gasteiger partial charge in [-0.15, -0.1) is 0 Å². The lowest BCUT2D eigenvalue weighted by atomic mass is 9.99. The van der Waals surface area contributed by atoms with Crippen LogP contribution in [-0.2, 0) is 4.74 Å². The first-order chi connectivity index (χ1) is 16.4. The van der Waals surface area contributed by atoms with E-state index in [-0.39, 0.29) is 34.7 Å². The van der Waals surface area contributed by atoms with Crippen LogP contribution in [0.4, 0.5) is 0 Å². The van der Waals surface area contributed by atoms with Gasteiger partial charge >= 0.3 is 0 Å². The average Bonchev–Trinajstić information content (AvgIpc) is 3.32. The molecule has 0 unspecified atom stereocenters. The van der Waals surface area contributed by atoms with Gasteiger partial charge < -0.3 is 48.5 Å². The van der Waals surface area contributed by atoms with Gasteiger partial charge in [-0.25, -0.2) is 0 Å². The van der Waals surface area contributed by atoms with Gasteiger partial charge in [0.05, 0.1) is 24.7 Å². The number of methoxy groups -OCH3 is 1. The lowest BCUT2D eigenvalue weighted by Gasteiger charge is -2.39. The van der Waals surface area contributed by atoms with Crippen molar-refractivity contribution in [1.29, 1.82) is 0 Å². The minimum atomic E-state index is -1.61. The van der Waals surface area contributed by atoms with Gasteiger partial charge in [0.25, 0.3) is 0 Å². The second-order valence-corrected chi connectivity index (χ2v) is 7.86. The topological polar surface area (TPSA) is 157 Å². The molecule has 5 atom stereocenters. The van der Waals surface area contributed by atoms with Crippen LogP contribution in [0.5, 0.6) is 23.0 Å². The fourth-order valence-corrected chi connectivity index (χ4v) is 3.94. The molecule has 0 radical (unpaired) electrons. The Kier molecular flexibility index (Phi) is 5.80. The SMILES string of the molecule is COc1cc2c(=O)c(-c3ccc4c(c3)OCO4)coc2cc1O[C@@H]1O[C@@H](CO)[C@@H](O)[C@@H](O)[C@H]1O. The molecule has 0 saturated carbocycles. The van der Waals surface area contributed by atoms with Crippen LogP contribution in [0.1, 0.15) is 0 Å². The lowest BCUT2D eigenvalue weighted by molar-refractivity contribution is -0.277. The Morgan fingerprint density at radius 1 is 1.00 bits per heavy atom. The number of rotatable bonds is 5. The van der Waals surface area contributed by atoms with E-state index in [1.807, 2.05) is 0 Å². The molecule has 180 valence electrons. The number of fused-ring (bicyclic) bond motifs is 2. The van der Waals surface area contributed by atoms with Crippen LogP contribution in [0.25, 0.3) is 22.1 Å². The van der Waals surface area contributed by atoms with Gasteiger partial charge in [0.2, 0.25) is 18.5 Å². The molecule has 3 aromatic rings. The van der Waals surface area contributed by atoms with Gasteiger partial charge in [-0.3, -0.25) is 4.79 Å². The maximum atomic E-state index is 13.2. The number of hydrogen-bond acceptors (Lipinski definition) is 11. The summed E-state index contributed by atoms with van der Waals surface area (Å²) in [5, 5.41) is 39.8. The molecule has 1 aromatic heterocycles. The van der Waals surface area contributed by atoms with Gasteiger partial charge in [0, 0.05) is 6.07 Å². The Bertz CT molecular complexity index is 1270. The van der Waals surface area contributed by atoms with Crippen LogP contribution >= 0.6 is 0 Å². The average molecular weight is 474 g/mol. The van der Waals surface area contributed by atoms with Gasteiger partial charge in [-0.05, 0) is 23.8 Å². The summed E-state index contributed by atoms with van der Waals surface area (Å²) < 4.78 is 32.8. The molecule has 5 rings (SSSR count). The van der Waals surface area contributed by atoms with Crippen molar-refractivity contribution in [1.82, 2.24) is 0 Å². The van der Waals surface area contributed by atoms with Crippen molar-refractivity contribution in [3.05, 3.63) is 46.8 Å². The highest BCUT2D eigenvalue weighted by atomic mass is 16.7. The number of ether oxygens (including phenoxy) is 5. The summed E-state index contributed by atoms with van der Waals surface area (Å²) in [5.74, 6) is 1.31. The van der Waals surface area contributed by atoms with Crippen molar-refractivity contribution >= 4 is 11.0 Å². The largest absolute Gasteiger partial charge is 0.493 e. The van der Waals surface area contributed by atoms with Gasteiger partial charge in [0.15, 0.2) is 23.0 Å². The molecule has 2 aromatic carbocycles. The molecular weight excluding hydrogens is 452 g/mol. The number of aliphatic hydroxyl groups is 4. The number of benzene rings is 2. The van der Waals surface area contributed by atoms with Crippen LogP contribution in [0.2, 0.25) is 0 Å². The number of aliphatic hydroxyl groups excluding tert-OH is 4. The van der Waals surface area contributed by atoms with Crippen molar-refractivity contribution in [2.24, 2.45) is 0 Å². The molecule has 3 heterocycles. The van der Waals surface area contributed by atoms with E-state index in [1.54, 1.807) is 18.2 Å². The maximum Gasteiger partial charge on any atom is 0.231 e. The summed E-state index contributed by atoms with van der Waals surface area (Å²) in [7, 11) is 1.37. The van der Waals surface area contributed by atoms with Crippen LogP contribution in [0, 0.1) is 0 Å². The van der Waals surface area contributed by atoms with E-state index >= 15 is 0 Å². The zero-order valence-corrected chi connectivity index (χ0v) is 17.9. The Morgan fingerprint density at radius 3 is 2.56 bits per heavy atom. The Morgan fingerprint density at radius 2 is 1.79 bits per heavy atom. The summed E-state index contributed by atoms with van der Waals surface area (Å²) in [6, 6.07) is 7.93. The quantitative estimate of drug-likeness (QED) is 0.405. The van der Waals surface area contributed by atoms with Crippen molar-refractivity contribution in [3.8, 4) is 34.1 Å². The molecule has 2 aliphatic rings. The first-order valence-corrected chi connectivity index (χ1v) is 10.4. The van der Waals surface area contributed by atoms with E-state index in [9.17, 15) is 25.2 Å². The van der Waals surface area contributed by atoms with Crippen LogP contribution in [0.15, 0.2) is 45.8 Å². The third-order valence-electron chi connectivity index (χ3n) is 5.83. The predicted molar refractivity (Wildman–Crippen MR) is 115 cm³/mol. The molecule has 0 bridgehead atoms. The minimum absolute atomic E-state index is 0.0540. The van der Waals surface area contributed by atoms with E-state index in [2.05, 4.69) is 0 Å². The van der Waals surface area contributed by atoms with E-state index < -0.39 is 37.3 Å². The zero-order chi connectivity index (χ0) is 24.0. The summed E-state index contributed by atoms with van der Waals surface area (Å²) in [4.78, 5) is 13.2. The van der Waals surface area contributed by atoms with Crippen molar-refractivity contribution < 1.29 is 48.5 Å². The van der Waals surface area contributed by atoms with E-state index in [4.69, 9.17) is 28.1 Å². The highest BCUT2D eigenvalue weighted by Crippen LogP contribution is 2.37. The third kappa shape index (κ3) is 3.73. The Hall–Kier alpha value is -3.35. The van der Waals surface area contributed by atoms with Crippen molar-refractivity contribution in [3.63, 3.8) is 0 Å². The smallest absolute Gasteiger partial charge is 0.231 e. The lowest BCUT2D eigenvalue weighted by Crippen LogP contribution is -2.60. The van der Waals surface area contributed by atoms with E-state index in [0.717, 1.165) is 0 Å². The molecular formula is C23H22O11. The molecule has 0 spiro atoms. The van der Waals surface area contributed by atoms with Crippen molar-refractivity contribution in [2.75, 3.05) is 20.5 Å². The molecule has 0 amide bonds. The van der Waals surface area contributed by atoms with Crippen LogP contribution in [-0.4, -0.2) is 71.6 Å². The van der Waals surface area contributed by atoms with E-state index in [0.29, 0.717) is 22.6 Å². The molecule has 1 saturated heterocycles. The maximum absolute atomic E-state index is 13.2. The normalized spacial score (nSPS) is 26.0. The van der Waals surface area contributed by atoms with Gasteiger partial charge in [-0.2, -0.15) is 0 Å². The van der Waals surface area contributed by atoms with Crippen LogP contribution in [0.3, 0.4) is 0 Å². The fraction of sp³-hybridized carbons (Fsp3) is 0.348. The molecule has 11 heteroatoms. The summed E-state index contributed by atoms with van der Waals surface area (Å²) in [6.45, 7) is -0.489. The standard InChI is InChI=1S/C23H22O11/c1-29-15-5-11-14(6-17(15)33-23-22(28)21(27)20(26)18(7-24)34-23)30-8-12(19(11)25)10-2-3-13-16(4-10)32-9-31-13/h2-6,8,18,20-24,26-28H,7,9H2,1H3/t18-,20+,21+,22+,23+/m0/s1. The Balaban J connectivity index is 1.50. The molecule has 34 heavy (non-hydrogen) atoms. The summed E-state index contributed by atoms with van der Waals surface area (Å²) in [6.07, 6.45) is -6.00. The molecule has 1 fully saturated rings. The summed E-state index contributed by atoms with van der Waals surface area (Å²) >= 11 is 0. The molecule has 11 nitrogen and oxygen atoms in total. The second-order valence-electron chi connectivity index (χ2n) is 7.86. The summed E-state index contributed by atoms with van der Waals surface area (Å²) in [5.41, 5.74) is 0.739. The highest BCUT2D eigenvalue weighted by molar-refractivity contribution is 5.85.